The molecule has 2 bridgehead atoms. The average molecular weight is 465 g/mol. The molecule has 2 aliphatic heterocycles. The molecule has 3 heterocycles. The minimum atomic E-state index is -3.23. The van der Waals surface area contributed by atoms with Gasteiger partial charge in [0.2, 0.25) is 15.8 Å². The molecule has 1 aromatic carbocycles. The molecule has 1 amide bonds. The van der Waals surface area contributed by atoms with Crippen LogP contribution in [0.1, 0.15) is 36.2 Å². The molecule has 2 N–H and O–H groups in total. The van der Waals surface area contributed by atoms with Gasteiger partial charge in [-0.15, -0.1) is 0 Å². The zero-order valence-electron chi connectivity index (χ0n) is 18.5. The number of amides is 1. The number of benzene rings is 1. The van der Waals surface area contributed by atoms with Crippen molar-refractivity contribution in [2.45, 2.75) is 43.8 Å². The minimum Gasteiger partial charge on any atom is -0.493 e. The number of aromatic nitrogens is 2. The summed E-state index contributed by atoms with van der Waals surface area (Å²) in [6, 6.07) is 5.01. The lowest BCUT2D eigenvalue weighted by atomic mass is 9.99. The van der Waals surface area contributed by atoms with Gasteiger partial charge in [-0.25, -0.2) is 8.42 Å². The molecule has 0 saturated carbocycles. The summed E-state index contributed by atoms with van der Waals surface area (Å²) < 4.78 is 41.9. The molecule has 2 unspecified atom stereocenters. The fourth-order valence-electron chi connectivity index (χ4n) is 4.87. The van der Waals surface area contributed by atoms with Crippen molar-refractivity contribution in [1.82, 2.24) is 19.8 Å². The molecule has 2 saturated heterocycles. The summed E-state index contributed by atoms with van der Waals surface area (Å²) in [5.41, 5.74) is 1.59. The molecule has 1 aromatic heterocycles. The van der Waals surface area contributed by atoms with Crippen LogP contribution in [0.15, 0.2) is 18.2 Å². The molecule has 11 heteroatoms. The van der Waals surface area contributed by atoms with Crippen molar-refractivity contribution >= 4 is 15.9 Å². The number of carbonyl (C=O) groups is 1. The number of carbonyl (C=O) groups excluding carboxylic acids is 1. The van der Waals surface area contributed by atoms with Crippen LogP contribution < -0.4 is 19.5 Å². The Morgan fingerprint density at radius 1 is 1.06 bits per heavy atom. The van der Waals surface area contributed by atoms with Gasteiger partial charge < -0.3 is 19.5 Å². The molecule has 0 aliphatic carbocycles. The van der Waals surface area contributed by atoms with Crippen molar-refractivity contribution in [2.24, 2.45) is 0 Å². The maximum atomic E-state index is 12.8. The van der Waals surface area contributed by atoms with E-state index in [0.29, 0.717) is 47.0 Å². The van der Waals surface area contributed by atoms with Gasteiger partial charge in [0, 0.05) is 23.7 Å². The number of aromatic amines is 1. The number of H-pyrrole nitrogens is 1. The van der Waals surface area contributed by atoms with Crippen molar-refractivity contribution < 1.29 is 27.4 Å². The van der Waals surface area contributed by atoms with E-state index < -0.39 is 10.0 Å². The molecule has 2 fully saturated rings. The Hall–Kier alpha value is -2.79. The molecule has 0 spiro atoms. The zero-order chi connectivity index (χ0) is 23.0. The second kappa shape index (κ2) is 8.62. The first kappa shape index (κ1) is 22.4. The summed E-state index contributed by atoms with van der Waals surface area (Å²) in [6.45, 7) is 0. The van der Waals surface area contributed by atoms with Crippen molar-refractivity contribution in [3.8, 4) is 28.5 Å². The molecule has 0 radical (unpaired) electrons. The first-order chi connectivity index (χ1) is 15.2. The van der Waals surface area contributed by atoms with Crippen LogP contribution >= 0.6 is 0 Å². The predicted octanol–water partition coefficient (Wildman–Crippen LogP) is 1.79. The highest BCUT2D eigenvalue weighted by atomic mass is 32.2. The molecular formula is C21H28N4O6S. The number of rotatable bonds is 7. The van der Waals surface area contributed by atoms with Crippen LogP contribution in [0.25, 0.3) is 11.3 Å². The third-order valence-electron chi connectivity index (χ3n) is 6.17. The maximum absolute atomic E-state index is 12.8. The maximum Gasteiger partial charge on any atom is 0.269 e. The second-order valence-corrected chi connectivity index (χ2v) is 10.1. The van der Waals surface area contributed by atoms with E-state index in [1.54, 1.807) is 22.5 Å². The van der Waals surface area contributed by atoms with Gasteiger partial charge >= 0.3 is 0 Å². The Morgan fingerprint density at radius 2 is 1.66 bits per heavy atom. The highest BCUT2D eigenvalue weighted by Gasteiger charge is 2.45. The van der Waals surface area contributed by atoms with E-state index in [1.807, 2.05) is 0 Å². The van der Waals surface area contributed by atoms with Crippen LogP contribution in [-0.4, -0.2) is 74.5 Å². The van der Waals surface area contributed by atoms with Crippen LogP contribution in [0.2, 0.25) is 0 Å². The van der Waals surface area contributed by atoms with Gasteiger partial charge in [0.25, 0.3) is 5.91 Å². The summed E-state index contributed by atoms with van der Waals surface area (Å²) in [6.07, 6.45) is 4.15. The van der Waals surface area contributed by atoms with Crippen molar-refractivity contribution in [2.75, 3.05) is 27.6 Å². The zero-order valence-corrected chi connectivity index (χ0v) is 19.4. The van der Waals surface area contributed by atoms with E-state index >= 15 is 0 Å². The minimum absolute atomic E-state index is 0.0504. The summed E-state index contributed by atoms with van der Waals surface area (Å²) >= 11 is 0. The van der Waals surface area contributed by atoms with Crippen molar-refractivity contribution in [3.05, 3.63) is 23.9 Å². The van der Waals surface area contributed by atoms with Crippen LogP contribution in [0, 0.1) is 0 Å². The highest BCUT2D eigenvalue weighted by molar-refractivity contribution is 7.88. The standard InChI is InChI=1S/C21H28N4O6S/c1-29-18-7-12(8-19(30-2)20(18)31-3)16-11-17(24-23-16)21(26)22-13-9-14-5-6-15(10-13)25(14)32(4,27)28/h7-8,11,13-15H,5-6,9-10H2,1-4H3,(H,22,26)(H,23,24). The summed E-state index contributed by atoms with van der Waals surface area (Å²) in [4.78, 5) is 12.8. The number of methoxy groups -OCH3 is 3. The Balaban J connectivity index is 1.49. The van der Waals surface area contributed by atoms with Crippen LogP contribution in [0.5, 0.6) is 17.2 Å². The normalized spacial score (nSPS) is 23.1. The first-order valence-corrected chi connectivity index (χ1v) is 12.2. The Bertz CT molecular complexity index is 1080. The van der Waals surface area contributed by atoms with E-state index in [2.05, 4.69) is 15.5 Å². The van der Waals surface area contributed by atoms with Gasteiger partial charge in [-0.05, 0) is 43.9 Å². The number of nitrogens with one attached hydrogen (secondary N) is 2. The van der Waals surface area contributed by atoms with E-state index in [9.17, 15) is 13.2 Å². The van der Waals surface area contributed by atoms with E-state index in [4.69, 9.17) is 14.2 Å². The summed E-state index contributed by atoms with van der Waals surface area (Å²) in [5, 5.41) is 10.1. The quantitative estimate of drug-likeness (QED) is 0.640. The second-order valence-electron chi connectivity index (χ2n) is 8.20. The van der Waals surface area contributed by atoms with E-state index in [1.165, 1.54) is 27.6 Å². The van der Waals surface area contributed by atoms with Gasteiger partial charge in [0.1, 0.15) is 5.69 Å². The molecular weight excluding hydrogens is 436 g/mol. The molecule has 174 valence electrons. The number of ether oxygens (including phenoxy) is 3. The lowest BCUT2D eigenvalue weighted by molar-refractivity contribution is 0.0904. The van der Waals surface area contributed by atoms with Crippen LogP contribution in [-0.2, 0) is 10.0 Å². The Kier molecular flexibility index (Phi) is 6.04. The number of sulfonamides is 1. The number of hydrogen-bond donors (Lipinski definition) is 2. The van der Waals surface area contributed by atoms with Crippen LogP contribution in [0.3, 0.4) is 0 Å². The molecule has 4 rings (SSSR count). The largest absolute Gasteiger partial charge is 0.493 e. The van der Waals surface area contributed by atoms with Gasteiger partial charge in [-0.1, -0.05) is 0 Å². The number of fused-ring (bicyclic) bond motifs is 2. The molecule has 2 aromatic rings. The Labute approximate surface area is 187 Å². The van der Waals surface area contributed by atoms with Gasteiger partial charge in [0.05, 0.1) is 33.3 Å². The third-order valence-corrected chi connectivity index (χ3v) is 7.53. The van der Waals surface area contributed by atoms with E-state index in [0.717, 1.165) is 12.8 Å². The van der Waals surface area contributed by atoms with E-state index in [-0.39, 0.29) is 24.0 Å². The highest BCUT2D eigenvalue weighted by Crippen LogP contribution is 2.41. The van der Waals surface area contributed by atoms with Crippen LogP contribution in [0.4, 0.5) is 0 Å². The van der Waals surface area contributed by atoms with Crippen molar-refractivity contribution in [1.29, 1.82) is 0 Å². The monoisotopic (exact) mass is 464 g/mol. The van der Waals surface area contributed by atoms with Gasteiger partial charge in [-0.3, -0.25) is 9.89 Å². The SMILES string of the molecule is COc1cc(-c2cc(C(=O)NC3CC4CCC(C3)N4S(C)(=O)=O)[nH]n2)cc(OC)c1OC. The number of hydrogen-bond acceptors (Lipinski definition) is 7. The predicted molar refractivity (Wildman–Crippen MR) is 118 cm³/mol. The smallest absolute Gasteiger partial charge is 0.269 e. The lowest BCUT2D eigenvalue weighted by Gasteiger charge is -2.37. The molecule has 2 aliphatic rings. The molecule has 32 heavy (non-hydrogen) atoms. The molecule has 10 nitrogen and oxygen atoms in total. The fourth-order valence-corrected chi connectivity index (χ4v) is 6.34. The third kappa shape index (κ3) is 4.14. The number of piperidine rings is 1. The lowest BCUT2D eigenvalue weighted by Crippen LogP contribution is -2.52. The number of nitrogens with zero attached hydrogens (tertiary/aromatic N) is 2. The fraction of sp³-hybridized carbons (Fsp3) is 0.524. The topological polar surface area (TPSA) is 123 Å². The van der Waals surface area contributed by atoms with Crippen molar-refractivity contribution in [3.63, 3.8) is 0 Å². The summed E-state index contributed by atoms with van der Waals surface area (Å²) in [5.74, 6) is 1.18. The van der Waals surface area contributed by atoms with Gasteiger partial charge in [0.15, 0.2) is 11.5 Å². The molecule has 2 atom stereocenters. The first-order valence-electron chi connectivity index (χ1n) is 10.4. The summed E-state index contributed by atoms with van der Waals surface area (Å²) in [7, 11) is 1.37. The Morgan fingerprint density at radius 3 is 2.16 bits per heavy atom. The van der Waals surface area contributed by atoms with Gasteiger partial charge in [-0.2, -0.15) is 9.40 Å². The average Bonchev–Trinajstić information content (AvgIpc) is 3.36.